The van der Waals surface area contributed by atoms with Gasteiger partial charge < -0.3 is 10.2 Å². The van der Waals surface area contributed by atoms with Gasteiger partial charge in [-0.3, -0.25) is 13.9 Å². The third-order valence-corrected chi connectivity index (χ3v) is 8.83. The first-order valence-electron chi connectivity index (χ1n) is 13.2. The van der Waals surface area contributed by atoms with Crippen molar-refractivity contribution in [2.45, 2.75) is 50.7 Å². The normalized spacial score (nSPS) is 14.5. The number of nitrogens with zero attached hydrogens (tertiary/aromatic N) is 2. The fourth-order valence-electron chi connectivity index (χ4n) is 4.95. The van der Waals surface area contributed by atoms with Gasteiger partial charge in [0.2, 0.25) is 21.8 Å². The van der Waals surface area contributed by atoms with Gasteiger partial charge in [-0.2, -0.15) is 0 Å². The number of anilines is 1. The molecule has 0 spiro atoms. The zero-order valence-corrected chi connectivity index (χ0v) is 24.6. The van der Waals surface area contributed by atoms with Crippen molar-refractivity contribution in [2.24, 2.45) is 0 Å². The molecule has 2 amide bonds. The van der Waals surface area contributed by atoms with Gasteiger partial charge in [-0.05, 0) is 54.3 Å². The number of carbonyl (C=O) groups excluding carboxylic acids is 2. The largest absolute Gasteiger partial charge is 0.352 e. The summed E-state index contributed by atoms with van der Waals surface area (Å²) in [5.41, 5.74) is 1.83. The summed E-state index contributed by atoms with van der Waals surface area (Å²) < 4.78 is 26.7. The maximum absolute atomic E-state index is 14.1. The molecule has 0 heterocycles. The lowest BCUT2D eigenvalue weighted by Crippen LogP contribution is -2.54. The number of benzene rings is 3. The molecule has 0 bridgehead atoms. The maximum atomic E-state index is 14.1. The Hall–Kier alpha value is -3.07. The fraction of sp³-hybridized carbons (Fsp3) is 0.333. The number of hydrogen-bond acceptors (Lipinski definition) is 4. The molecule has 0 saturated heterocycles. The Morgan fingerprint density at radius 1 is 0.925 bits per heavy atom. The first-order chi connectivity index (χ1) is 19.1. The zero-order chi connectivity index (χ0) is 28.7. The van der Waals surface area contributed by atoms with Crippen LogP contribution in [0.25, 0.3) is 0 Å². The van der Waals surface area contributed by atoms with Gasteiger partial charge in [0.05, 0.1) is 11.9 Å². The molecule has 1 N–H and O–H groups in total. The summed E-state index contributed by atoms with van der Waals surface area (Å²) in [7, 11) is -3.85. The van der Waals surface area contributed by atoms with Crippen LogP contribution in [0.2, 0.25) is 10.0 Å². The Morgan fingerprint density at radius 3 is 2.17 bits per heavy atom. The van der Waals surface area contributed by atoms with E-state index in [0.29, 0.717) is 21.3 Å². The van der Waals surface area contributed by atoms with Gasteiger partial charge >= 0.3 is 0 Å². The minimum Gasteiger partial charge on any atom is -0.352 e. The second-order valence-electron chi connectivity index (χ2n) is 10.1. The highest BCUT2D eigenvalue weighted by Crippen LogP contribution is 2.25. The molecule has 0 radical (unpaired) electrons. The van der Waals surface area contributed by atoms with E-state index in [9.17, 15) is 18.0 Å². The van der Waals surface area contributed by atoms with Crippen molar-refractivity contribution in [3.8, 4) is 0 Å². The van der Waals surface area contributed by atoms with E-state index in [0.717, 1.165) is 41.8 Å². The molecule has 0 aliphatic heterocycles. The van der Waals surface area contributed by atoms with Crippen molar-refractivity contribution in [1.82, 2.24) is 10.2 Å². The molecule has 212 valence electrons. The highest BCUT2D eigenvalue weighted by atomic mass is 35.5. The third kappa shape index (κ3) is 7.99. The number of hydrogen-bond donors (Lipinski definition) is 1. The predicted molar refractivity (Wildman–Crippen MR) is 160 cm³/mol. The molecule has 1 aliphatic carbocycles. The molecule has 4 rings (SSSR count). The Bertz CT molecular complexity index is 1410. The molecule has 3 aromatic rings. The van der Waals surface area contributed by atoms with Crippen LogP contribution < -0.4 is 9.62 Å². The van der Waals surface area contributed by atoms with Crippen molar-refractivity contribution in [1.29, 1.82) is 0 Å². The second-order valence-corrected chi connectivity index (χ2v) is 12.8. The Labute approximate surface area is 246 Å². The number of halogens is 2. The van der Waals surface area contributed by atoms with E-state index in [1.54, 1.807) is 42.5 Å². The Kier molecular flexibility index (Phi) is 10.1. The molecule has 1 saturated carbocycles. The number of carbonyl (C=O) groups is 2. The summed E-state index contributed by atoms with van der Waals surface area (Å²) in [6, 6.07) is 22.0. The van der Waals surface area contributed by atoms with Gasteiger partial charge in [0.25, 0.3) is 0 Å². The van der Waals surface area contributed by atoms with Crippen molar-refractivity contribution >= 4 is 50.7 Å². The number of rotatable bonds is 11. The molecule has 1 atom stereocenters. The molecule has 3 aromatic carbocycles. The van der Waals surface area contributed by atoms with Gasteiger partial charge in [-0.25, -0.2) is 8.42 Å². The van der Waals surface area contributed by atoms with Crippen LogP contribution in [0, 0.1) is 0 Å². The Morgan fingerprint density at radius 2 is 1.55 bits per heavy atom. The van der Waals surface area contributed by atoms with Crippen LogP contribution in [0.15, 0.2) is 78.9 Å². The van der Waals surface area contributed by atoms with Crippen molar-refractivity contribution in [3.63, 3.8) is 0 Å². The van der Waals surface area contributed by atoms with Crippen LogP contribution >= 0.6 is 23.2 Å². The molecule has 1 unspecified atom stereocenters. The fourth-order valence-corrected chi connectivity index (χ4v) is 6.12. The van der Waals surface area contributed by atoms with Crippen LogP contribution in [0.3, 0.4) is 0 Å². The smallest absolute Gasteiger partial charge is 0.244 e. The van der Waals surface area contributed by atoms with Crippen LogP contribution in [0.1, 0.15) is 36.8 Å². The van der Waals surface area contributed by atoms with E-state index in [1.807, 2.05) is 36.4 Å². The SMILES string of the molecule is CS(=O)(=O)N(CC(=O)N(Cc1ccccc1Cl)C(Cc1ccccc1)C(=O)NC1CCCC1)c1ccc(Cl)cc1. The van der Waals surface area contributed by atoms with E-state index >= 15 is 0 Å². The van der Waals surface area contributed by atoms with Gasteiger partial charge in [0, 0.05) is 29.1 Å². The summed E-state index contributed by atoms with van der Waals surface area (Å²) in [6.45, 7) is -0.459. The van der Waals surface area contributed by atoms with E-state index in [-0.39, 0.29) is 24.9 Å². The molecule has 10 heteroatoms. The monoisotopic (exact) mass is 601 g/mol. The highest BCUT2D eigenvalue weighted by molar-refractivity contribution is 7.92. The molecule has 7 nitrogen and oxygen atoms in total. The predicted octanol–water partition coefficient (Wildman–Crippen LogP) is 5.46. The lowest BCUT2D eigenvalue weighted by molar-refractivity contribution is -0.140. The standard InChI is InChI=1S/C30H33Cl2N3O4S/c1-40(38,39)35(26-17-15-24(31)16-18-26)21-29(36)34(20-23-11-5-8-14-27(23)32)28(19-22-9-3-2-4-10-22)30(37)33-25-12-6-7-13-25/h2-5,8-11,14-18,25,28H,6-7,12-13,19-21H2,1H3,(H,33,37). The van der Waals surface area contributed by atoms with Crippen molar-refractivity contribution in [3.05, 3.63) is 100 Å². The van der Waals surface area contributed by atoms with Crippen LogP contribution in [0.5, 0.6) is 0 Å². The average molecular weight is 603 g/mol. The zero-order valence-electron chi connectivity index (χ0n) is 22.3. The van der Waals surface area contributed by atoms with Crippen LogP contribution in [-0.4, -0.2) is 50.0 Å². The molecular weight excluding hydrogens is 569 g/mol. The number of nitrogens with one attached hydrogen (secondary N) is 1. The van der Waals surface area contributed by atoms with Gasteiger partial charge in [-0.15, -0.1) is 0 Å². The molecule has 40 heavy (non-hydrogen) atoms. The third-order valence-electron chi connectivity index (χ3n) is 7.06. The number of sulfonamides is 1. The topological polar surface area (TPSA) is 86.8 Å². The summed E-state index contributed by atoms with van der Waals surface area (Å²) in [5, 5.41) is 4.04. The first kappa shape index (κ1) is 29.9. The summed E-state index contributed by atoms with van der Waals surface area (Å²) in [4.78, 5) is 29.4. The summed E-state index contributed by atoms with van der Waals surface area (Å²) in [6.07, 6.45) is 5.17. The van der Waals surface area contributed by atoms with E-state index in [2.05, 4.69) is 5.32 Å². The quantitative estimate of drug-likeness (QED) is 0.316. The highest BCUT2D eigenvalue weighted by Gasteiger charge is 2.34. The molecular formula is C30H33Cl2N3O4S. The summed E-state index contributed by atoms with van der Waals surface area (Å²) >= 11 is 12.5. The van der Waals surface area contributed by atoms with Gasteiger partial charge in [0.15, 0.2) is 0 Å². The lowest BCUT2D eigenvalue weighted by atomic mass is 10.0. The van der Waals surface area contributed by atoms with Gasteiger partial charge in [-0.1, -0.05) is 84.6 Å². The Balaban J connectivity index is 1.72. The van der Waals surface area contributed by atoms with E-state index in [1.165, 1.54) is 4.90 Å². The first-order valence-corrected chi connectivity index (χ1v) is 15.8. The molecule has 1 fully saturated rings. The van der Waals surface area contributed by atoms with Crippen molar-refractivity contribution < 1.29 is 18.0 Å². The van der Waals surface area contributed by atoms with Crippen LogP contribution in [-0.2, 0) is 32.6 Å². The maximum Gasteiger partial charge on any atom is 0.244 e. The minimum atomic E-state index is -3.85. The van der Waals surface area contributed by atoms with Crippen LogP contribution in [0.4, 0.5) is 5.69 Å². The van der Waals surface area contributed by atoms with E-state index < -0.39 is 28.5 Å². The van der Waals surface area contributed by atoms with E-state index in [4.69, 9.17) is 23.2 Å². The minimum absolute atomic E-state index is 0.0340. The summed E-state index contributed by atoms with van der Waals surface area (Å²) in [5.74, 6) is -0.795. The second kappa shape index (κ2) is 13.5. The number of amides is 2. The molecule has 0 aromatic heterocycles. The molecule has 1 aliphatic rings. The van der Waals surface area contributed by atoms with Crippen molar-refractivity contribution in [2.75, 3.05) is 17.1 Å². The average Bonchev–Trinajstić information content (AvgIpc) is 3.44. The van der Waals surface area contributed by atoms with Gasteiger partial charge in [0.1, 0.15) is 12.6 Å². The lowest BCUT2D eigenvalue weighted by Gasteiger charge is -2.34.